The van der Waals surface area contributed by atoms with E-state index in [1.165, 1.54) is 25.7 Å². The van der Waals surface area contributed by atoms with Gasteiger partial charge in [0.25, 0.3) is 0 Å². The van der Waals surface area contributed by atoms with Crippen LogP contribution in [0.5, 0.6) is 5.75 Å². The Balaban J connectivity index is 1.48. The highest BCUT2D eigenvalue weighted by molar-refractivity contribution is 5.56. The minimum absolute atomic E-state index is 0.369. The smallest absolute Gasteiger partial charge is 0.241 e. The first-order valence-electron chi connectivity index (χ1n) is 8.66. The molecule has 0 amide bonds. The average Bonchev–Trinajstić information content (AvgIpc) is 3.11. The number of ether oxygens (including phenoxy) is 2. The van der Waals surface area contributed by atoms with Crippen molar-refractivity contribution in [1.82, 2.24) is 15.0 Å². The highest BCUT2D eigenvalue weighted by Gasteiger charge is 2.34. The first-order valence-corrected chi connectivity index (χ1v) is 8.66. The van der Waals surface area contributed by atoms with Gasteiger partial charge in [0.2, 0.25) is 11.7 Å². The Morgan fingerprint density at radius 3 is 3.12 bits per heavy atom. The Morgan fingerprint density at radius 2 is 2.21 bits per heavy atom. The van der Waals surface area contributed by atoms with Crippen LogP contribution < -0.4 is 4.74 Å². The van der Waals surface area contributed by atoms with E-state index >= 15 is 0 Å². The molecular formula is C18H23N3O3. The maximum atomic E-state index is 5.93. The van der Waals surface area contributed by atoms with E-state index in [2.05, 4.69) is 15.0 Å². The first kappa shape index (κ1) is 15.6. The molecule has 4 rings (SSSR count). The predicted octanol–water partition coefficient (Wildman–Crippen LogP) is 2.89. The molecule has 2 atom stereocenters. The molecule has 2 aliphatic rings. The zero-order valence-electron chi connectivity index (χ0n) is 14.0. The highest BCUT2D eigenvalue weighted by Crippen LogP contribution is 2.29. The summed E-state index contributed by atoms with van der Waals surface area (Å²) in [6.45, 7) is 2.41. The van der Waals surface area contributed by atoms with Crippen molar-refractivity contribution in [3.8, 4) is 17.1 Å². The van der Waals surface area contributed by atoms with Crippen LogP contribution in [0.1, 0.15) is 31.6 Å². The van der Waals surface area contributed by atoms with Gasteiger partial charge in [0.05, 0.1) is 26.4 Å². The topological polar surface area (TPSA) is 60.6 Å². The number of morpholine rings is 1. The van der Waals surface area contributed by atoms with Crippen LogP contribution in [0.4, 0.5) is 0 Å². The van der Waals surface area contributed by atoms with Crippen molar-refractivity contribution >= 4 is 0 Å². The van der Waals surface area contributed by atoms with E-state index in [4.69, 9.17) is 14.0 Å². The van der Waals surface area contributed by atoms with Crippen LogP contribution >= 0.6 is 0 Å². The number of methoxy groups -OCH3 is 1. The number of aromatic nitrogens is 2. The number of hydrogen-bond acceptors (Lipinski definition) is 6. The van der Waals surface area contributed by atoms with Crippen LogP contribution in [0.15, 0.2) is 28.8 Å². The summed E-state index contributed by atoms with van der Waals surface area (Å²) in [5, 5.41) is 4.13. The summed E-state index contributed by atoms with van der Waals surface area (Å²) in [6, 6.07) is 8.20. The molecule has 2 aromatic rings. The van der Waals surface area contributed by atoms with Crippen molar-refractivity contribution in [3.63, 3.8) is 0 Å². The van der Waals surface area contributed by atoms with Crippen LogP contribution in [-0.4, -0.2) is 47.4 Å². The average molecular weight is 329 g/mol. The Kier molecular flexibility index (Phi) is 4.49. The number of benzene rings is 1. The van der Waals surface area contributed by atoms with Crippen molar-refractivity contribution in [2.75, 3.05) is 20.3 Å². The van der Waals surface area contributed by atoms with E-state index in [1.54, 1.807) is 7.11 Å². The molecule has 1 aromatic heterocycles. The van der Waals surface area contributed by atoms with Crippen molar-refractivity contribution in [2.45, 2.75) is 44.4 Å². The molecule has 0 spiro atoms. The van der Waals surface area contributed by atoms with Gasteiger partial charge in [-0.25, -0.2) is 0 Å². The number of fused-ring (bicyclic) bond motifs is 1. The Hall–Kier alpha value is -1.92. The lowest BCUT2D eigenvalue weighted by Crippen LogP contribution is -2.52. The fourth-order valence-electron chi connectivity index (χ4n) is 3.75. The van der Waals surface area contributed by atoms with Crippen LogP contribution in [-0.2, 0) is 11.3 Å². The second kappa shape index (κ2) is 6.91. The van der Waals surface area contributed by atoms with Crippen LogP contribution in [0.25, 0.3) is 11.4 Å². The third kappa shape index (κ3) is 3.16. The summed E-state index contributed by atoms with van der Waals surface area (Å²) in [6.07, 6.45) is 5.28. The molecule has 0 radical (unpaired) electrons. The fraction of sp³-hybridized carbons (Fsp3) is 0.556. The van der Waals surface area contributed by atoms with Crippen molar-refractivity contribution in [2.24, 2.45) is 0 Å². The van der Waals surface area contributed by atoms with Gasteiger partial charge in [-0.1, -0.05) is 30.1 Å². The second-order valence-corrected chi connectivity index (χ2v) is 6.48. The van der Waals surface area contributed by atoms with Gasteiger partial charge in [-0.3, -0.25) is 4.90 Å². The van der Waals surface area contributed by atoms with Gasteiger partial charge in [-0.2, -0.15) is 4.98 Å². The molecule has 0 N–H and O–H groups in total. The third-order valence-electron chi connectivity index (χ3n) is 4.98. The highest BCUT2D eigenvalue weighted by atomic mass is 16.5. The molecular weight excluding hydrogens is 306 g/mol. The fourth-order valence-corrected chi connectivity index (χ4v) is 3.75. The normalized spacial score (nSPS) is 24.5. The molecule has 1 saturated carbocycles. The van der Waals surface area contributed by atoms with Gasteiger partial charge >= 0.3 is 0 Å². The Morgan fingerprint density at radius 1 is 1.29 bits per heavy atom. The molecule has 6 heteroatoms. The lowest BCUT2D eigenvalue weighted by atomic mass is 9.90. The molecule has 2 fully saturated rings. The third-order valence-corrected chi connectivity index (χ3v) is 4.98. The molecule has 0 unspecified atom stereocenters. The largest absolute Gasteiger partial charge is 0.497 e. The zero-order chi connectivity index (χ0) is 16.4. The van der Waals surface area contributed by atoms with Crippen LogP contribution in [0, 0.1) is 0 Å². The van der Waals surface area contributed by atoms with Crippen molar-refractivity contribution in [1.29, 1.82) is 0 Å². The summed E-state index contributed by atoms with van der Waals surface area (Å²) in [5.74, 6) is 2.06. The summed E-state index contributed by atoms with van der Waals surface area (Å²) in [5.41, 5.74) is 0.905. The van der Waals surface area contributed by atoms with Gasteiger partial charge in [0, 0.05) is 18.2 Å². The number of nitrogens with zero attached hydrogens (tertiary/aromatic N) is 3. The monoisotopic (exact) mass is 329 g/mol. The molecule has 6 nitrogen and oxygen atoms in total. The van der Waals surface area contributed by atoms with E-state index in [0.717, 1.165) is 24.5 Å². The van der Waals surface area contributed by atoms with Gasteiger partial charge in [0.15, 0.2) is 0 Å². The van der Waals surface area contributed by atoms with E-state index in [1.807, 2.05) is 24.3 Å². The minimum atomic E-state index is 0.369. The quantitative estimate of drug-likeness (QED) is 0.859. The van der Waals surface area contributed by atoms with Crippen molar-refractivity contribution in [3.05, 3.63) is 30.2 Å². The van der Waals surface area contributed by atoms with Crippen LogP contribution in [0.2, 0.25) is 0 Å². The van der Waals surface area contributed by atoms with Gasteiger partial charge < -0.3 is 14.0 Å². The maximum absolute atomic E-state index is 5.93. The van der Waals surface area contributed by atoms with Gasteiger partial charge in [-0.05, 0) is 25.0 Å². The minimum Gasteiger partial charge on any atom is -0.497 e. The molecule has 128 valence electrons. The first-order chi connectivity index (χ1) is 11.8. The predicted molar refractivity (Wildman–Crippen MR) is 88.7 cm³/mol. The Labute approximate surface area is 141 Å². The van der Waals surface area contributed by atoms with E-state index in [-0.39, 0.29) is 0 Å². The molecule has 1 saturated heterocycles. The molecule has 1 aromatic carbocycles. The summed E-state index contributed by atoms with van der Waals surface area (Å²) < 4.78 is 16.7. The SMILES string of the molecule is COc1cccc(-c2noc(CN3CCO[C@@H]4CCCC[C@@H]43)n2)c1. The van der Waals surface area contributed by atoms with Gasteiger partial charge in [-0.15, -0.1) is 0 Å². The van der Waals surface area contributed by atoms with E-state index in [0.29, 0.717) is 30.4 Å². The Bertz CT molecular complexity index is 686. The number of rotatable bonds is 4. The lowest BCUT2D eigenvalue weighted by molar-refractivity contribution is -0.0933. The zero-order valence-corrected chi connectivity index (χ0v) is 14.0. The number of hydrogen-bond donors (Lipinski definition) is 0. The van der Waals surface area contributed by atoms with E-state index in [9.17, 15) is 0 Å². The molecule has 2 heterocycles. The summed E-state index contributed by atoms with van der Waals surface area (Å²) >= 11 is 0. The molecule has 0 bridgehead atoms. The summed E-state index contributed by atoms with van der Waals surface area (Å²) in [4.78, 5) is 7.01. The maximum Gasteiger partial charge on any atom is 0.241 e. The standard InChI is InChI=1S/C18H23N3O3/c1-22-14-6-4-5-13(11-14)18-19-17(24-20-18)12-21-9-10-23-16-8-3-2-7-15(16)21/h4-6,11,15-16H,2-3,7-10,12H2,1H3/t15-,16+/m0/s1. The second-order valence-electron chi connectivity index (χ2n) is 6.48. The van der Waals surface area contributed by atoms with Crippen molar-refractivity contribution < 1.29 is 14.0 Å². The van der Waals surface area contributed by atoms with Gasteiger partial charge in [0.1, 0.15) is 5.75 Å². The molecule has 24 heavy (non-hydrogen) atoms. The molecule has 1 aliphatic heterocycles. The van der Waals surface area contributed by atoms with Crippen LogP contribution in [0.3, 0.4) is 0 Å². The van der Waals surface area contributed by atoms with E-state index < -0.39 is 0 Å². The summed E-state index contributed by atoms with van der Waals surface area (Å²) in [7, 11) is 1.65. The lowest BCUT2D eigenvalue weighted by Gasteiger charge is -2.43. The molecule has 1 aliphatic carbocycles.